The van der Waals surface area contributed by atoms with Crippen LogP contribution in [0.25, 0.3) is 6.08 Å². The summed E-state index contributed by atoms with van der Waals surface area (Å²) in [5, 5.41) is 23.0. The maximum atomic E-state index is 12.2. The highest BCUT2D eigenvalue weighted by Crippen LogP contribution is 2.23. The summed E-state index contributed by atoms with van der Waals surface area (Å²) in [4.78, 5) is 22.9. The Labute approximate surface area is 143 Å². The number of carbonyl (C=O) groups is 2. The number of hydrogen-bond donors (Lipinski definition) is 1. The van der Waals surface area contributed by atoms with Crippen LogP contribution in [-0.2, 0) is 4.79 Å². The van der Waals surface area contributed by atoms with E-state index in [1.807, 2.05) is 6.07 Å². The number of amides is 1. The molecule has 0 fully saturated rings. The molecule has 0 aromatic heterocycles. The van der Waals surface area contributed by atoms with Crippen molar-refractivity contribution in [1.29, 1.82) is 5.26 Å². The normalized spacial score (nSPS) is 10.8. The third kappa shape index (κ3) is 4.00. The van der Waals surface area contributed by atoms with E-state index in [4.69, 9.17) is 11.6 Å². The molecule has 0 spiro atoms. The van der Waals surface area contributed by atoms with Crippen molar-refractivity contribution < 1.29 is 14.7 Å². The van der Waals surface area contributed by atoms with E-state index in [1.165, 1.54) is 30.3 Å². The monoisotopic (exact) mass is 339 g/mol. The molecule has 0 heterocycles. The second-order valence-corrected chi connectivity index (χ2v) is 5.35. The molecule has 2 aromatic carbocycles. The Balaban J connectivity index is 2.24. The minimum absolute atomic E-state index is 0.0182. The molecular formula is C18H12ClN2O3-. The molecule has 1 N–H and O–H groups in total. The SMILES string of the molecule is Cc1c(Cl)cccc1NC(=O)/C(C#N)=C/c1ccc(C(=O)[O-])cc1. The lowest BCUT2D eigenvalue weighted by Crippen LogP contribution is -2.21. The third-order valence-corrected chi connectivity index (χ3v) is 3.75. The van der Waals surface area contributed by atoms with Gasteiger partial charge in [0.25, 0.3) is 5.91 Å². The van der Waals surface area contributed by atoms with Crippen LogP contribution in [0.4, 0.5) is 5.69 Å². The molecule has 1 amide bonds. The van der Waals surface area contributed by atoms with Gasteiger partial charge in [-0.3, -0.25) is 4.79 Å². The first-order chi connectivity index (χ1) is 11.4. The summed E-state index contributed by atoms with van der Waals surface area (Å²) >= 11 is 6.00. The molecule has 24 heavy (non-hydrogen) atoms. The maximum absolute atomic E-state index is 12.2. The minimum Gasteiger partial charge on any atom is -0.545 e. The largest absolute Gasteiger partial charge is 0.545 e. The summed E-state index contributed by atoms with van der Waals surface area (Å²) in [5.41, 5.74) is 1.64. The summed E-state index contributed by atoms with van der Waals surface area (Å²) in [6.45, 7) is 1.76. The zero-order chi connectivity index (χ0) is 17.7. The predicted octanol–water partition coefficient (Wildman–Crippen LogP) is 2.56. The van der Waals surface area contributed by atoms with E-state index in [0.717, 1.165) is 0 Å². The van der Waals surface area contributed by atoms with E-state index in [0.29, 0.717) is 21.8 Å². The molecule has 0 saturated carbocycles. The molecule has 0 atom stereocenters. The van der Waals surface area contributed by atoms with Gasteiger partial charge in [-0.2, -0.15) is 5.26 Å². The van der Waals surface area contributed by atoms with Crippen molar-refractivity contribution in [2.24, 2.45) is 0 Å². The summed E-state index contributed by atoms with van der Waals surface area (Å²) in [5.74, 6) is -1.87. The van der Waals surface area contributed by atoms with Gasteiger partial charge in [-0.15, -0.1) is 0 Å². The molecule has 0 saturated heterocycles. The number of rotatable bonds is 4. The fourth-order valence-electron chi connectivity index (χ4n) is 1.96. The molecule has 120 valence electrons. The fourth-order valence-corrected chi connectivity index (χ4v) is 2.14. The molecule has 0 bridgehead atoms. The highest BCUT2D eigenvalue weighted by atomic mass is 35.5. The van der Waals surface area contributed by atoms with E-state index in [1.54, 1.807) is 25.1 Å². The molecule has 2 aromatic rings. The highest BCUT2D eigenvalue weighted by Gasteiger charge is 2.11. The first-order valence-electron chi connectivity index (χ1n) is 6.92. The standard InChI is InChI=1S/C18H13ClN2O3/c1-11-15(19)3-2-4-16(11)21-17(22)14(10-20)9-12-5-7-13(8-6-12)18(23)24/h2-9H,1H3,(H,21,22)(H,23,24)/p-1/b14-9+. The zero-order valence-corrected chi connectivity index (χ0v) is 13.4. The van der Waals surface area contributed by atoms with Gasteiger partial charge in [-0.1, -0.05) is 41.9 Å². The zero-order valence-electron chi connectivity index (χ0n) is 12.7. The van der Waals surface area contributed by atoms with E-state index in [9.17, 15) is 20.0 Å². The highest BCUT2D eigenvalue weighted by molar-refractivity contribution is 6.31. The van der Waals surface area contributed by atoms with Crippen LogP contribution >= 0.6 is 11.6 Å². The van der Waals surface area contributed by atoms with Gasteiger partial charge in [0.05, 0.1) is 5.97 Å². The van der Waals surface area contributed by atoms with Gasteiger partial charge in [0.15, 0.2) is 0 Å². The number of carbonyl (C=O) groups excluding carboxylic acids is 2. The summed E-state index contributed by atoms with van der Waals surface area (Å²) in [7, 11) is 0. The summed E-state index contributed by atoms with van der Waals surface area (Å²) < 4.78 is 0. The Bertz CT molecular complexity index is 865. The van der Waals surface area contributed by atoms with Crippen LogP contribution in [0.15, 0.2) is 48.0 Å². The molecule has 0 aliphatic carbocycles. The van der Waals surface area contributed by atoms with Gasteiger partial charge >= 0.3 is 0 Å². The van der Waals surface area contributed by atoms with Crippen LogP contribution < -0.4 is 10.4 Å². The number of benzene rings is 2. The fraction of sp³-hybridized carbons (Fsp3) is 0.0556. The van der Waals surface area contributed by atoms with Crippen LogP contribution in [0.5, 0.6) is 0 Å². The summed E-state index contributed by atoms with van der Waals surface area (Å²) in [6, 6.07) is 12.6. The van der Waals surface area contributed by atoms with Crippen LogP contribution in [-0.4, -0.2) is 11.9 Å². The lowest BCUT2D eigenvalue weighted by atomic mass is 10.1. The topological polar surface area (TPSA) is 93.0 Å². The van der Waals surface area contributed by atoms with Gasteiger partial charge in [0, 0.05) is 10.7 Å². The van der Waals surface area contributed by atoms with Crippen LogP contribution in [0.3, 0.4) is 0 Å². The van der Waals surface area contributed by atoms with Crippen molar-refractivity contribution in [3.63, 3.8) is 0 Å². The Morgan fingerprint density at radius 3 is 2.46 bits per heavy atom. The molecule has 0 aliphatic heterocycles. The minimum atomic E-state index is -1.29. The maximum Gasteiger partial charge on any atom is 0.266 e. The van der Waals surface area contributed by atoms with E-state index >= 15 is 0 Å². The number of anilines is 1. The van der Waals surface area contributed by atoms with Crippen molar-refractivity contribution in [3.05, 3.63) is 69.8 Å². The van der Waals surface area contributed by atoms with Crippen molar-refractivity contribution >= 4 is 35.2 Å². The smallest absolute Gasteiger partial charge is 0.266 e. The molecule has 5 nitrogen and oxygen atoms in total. The van der Waals surface area contributed by atoms with E-state index < -0.39 is 11.9 Å². The number of halogens is 1. The second kappa shape index (κ2) is 7.44. The van der Waals surface area contributed by atoms with Gasteiger partial charge in [-0.25, -0.2) is 0 Å². The molecular weight excluding hydrogens is 328 g/mol. The van der Waals surface area contributed by atoms with Crippen molar-refractivity contribution in [2.45, 2.75) is 6.92 Å². The average Bonchev–Trinajstić information content (AvgIpc) is 2.57. The molecule has 2 rings (SSSR count). The van der Waals surface area contributed by atoms with E-state index in [2.05, 4.69) is 5.32 Å². The first-order valence-corrected chi connectivity index (χ1v) is 7.30. The number of nitrogens with one attached hydrogen (secondary N) is 1. The van der Waals surface area contributed by atoms with E-state index in [-0.39, 0.29) is 11.1 Å². The third-order valence-electron chi connectivity index (χ3n) is 3.34. The molecule has 6 heteroatoms. The van der Waals surface area contributed by atoms with Crippen LogP contribution in [0, 0.1) is 18.3 Å². The van der Waals surface area contributed by atoms with Crippen LogP contribution in [0.1, 0.15) is 21.5 Å². The Hall–Kier alpha value is -3.10. The number of nitrogens with zero attached hydrogens (tertiary/aromatic N) is 1. The molecule has 0 aliphatic rings. The molecule has 0 radical (unpaired) electrons. The number of aromatic carboxylic acids is 1. The predicted molar refractivity (Wildman–Crippen MR) is 89.2 cm³/mol. The lowest BCUT2D eigenvalue weighted by Gasteiger charge is -2.09. The van der Waals surface area contributed by atoms with Crippen molar-refractivity contribution in [1.82, 2.24) is 0 Å². The van der Waals surface area contributed by atoms with Crippen molar-refractivity contribution in [2.75, 3.05) is 5.32 Å². The second-order valence-electron chi connectivity index (χ2n) is 4.95. The van der Waals surface area contributed by atoms with Gasteiger partial charge in [0.2, 0.25) is 0 Å². The Morgan fingerprint density at radius 2 is 1.88 bits per heavy atom. The number of nitriles is 1. The van der Waals surface area contributed by atoms with Crippen molar-refractivity contribution in [3.8, 4) is 6.07 Å². The first kappa shape index (κ1) is 17.3. The number of hydrogen-bond acceptors (Lipinski definition) is 4. The van der Waals surface area contributed by atoms with Gasteiger partial charge in [-0.05, 0) is 41.8 Å². The summed E-state index contributed by atoms with van der Waals surface area (Å²) in [6.07, 6.45) is 1.37. The van der Waals surface area contributed by atoms with Crippen LogP contribution in [0.2, 0.25) is 5.02 Å². The number of carboxylic acids is 1. The molecule has 0 unspecified atom stereocenters. The quantitative estimate of drug-likeness (QED) is 0.684. The van der Waals surface area contributed by atoms with Gasteiger partial charge < -0.3 is 15.2 Å². The van der Waals surface area contributed by atoms with Gasteiger partial charge in [0.1, 0.15) is 11.6 Å². The Morgan fingerprint density at radius 1 is 1.21 bits per heavy atom. The number of carboxylic acid groups (broad SMARTS) is 1. The Kier molecular flexibility index (Phi) is 5.35. The average molecular weight is 340 g/mol. The lowest BCUT2D eigenvalue weighted by molar-refractivity contribution is -0.255.